The molecule has 0 radical (unpaired) electrons. The summed E-state index contributed by atoms with van der Waals surface area (Å²) in [6.07, 6.45) is 11.5. The highest BCUT2D eigenvalue weighted by Crippen LogP contribution is 2.34. The summed E-state index contributed by atoms with van der Waals surface area (Å²) in [5.74, 6) is 1.65. The lowest BCUT2D eigenvalue weighted by Gasteiger charge is -2.23. The Morgan fingerprint density at radius 2 is 1.09 bits per heavy atom. The molecule has 34 heavy (non-hydrogen) atoms. The zero-order valence-corrected chi connectivity index (χ0v) is 19.7. The molecule has 1 saturated carbocycles. The summed E-state index contributed by atoms with van der Waals surface area (Å²) in [5.41, 5.74) is 4.23. The maximum absolute atomic E-state index is 10.9. The van der Waals surface area contributed by atoms with E-state index in [1.165, 1.54) is 0 Å². The van der Waals surface area contributed by atoms with Crippen LogP contribution in [0.3, 0.4) is 0 Å². The average Bonchev–Trinajstić information content (AvgIpc) is 3.21. The molecular formula is C29H34O5. The summed E-state index contributed by atoms with van der Waals surface area (Å²) in [6, 6.07) is 16.1. The van der Waals surface area contributed by atoms with Crippen LogP contribution in [0.1, 0.15) is 62.5 Å². The normalized spacial score (nSPS) is 27.7. The average molecular weight is 463 g/mol. The quantitative estimate of drug-likeness (QED) is 0.561. The Labute approximate surface area is 202 Å². The molecule has 2 aromatic rings. The molecule has 3 fully saturated rings. The van der Waals surface area contributed by atoms with E-state index < -0.39 is 6.10 Å². The predicted molar refractivity (Wildman–Crippen MR) is 133 cm³/mol. The van der Waals surface area contributed by atoms with Crippen LogP contribution in [0.2, 0.25) is 0 Å². The Morgan fingerprint density at radius 1 is 0.647 bits per heavy atom. The smallest absolute Gasteiger partial charge is 0.199 e. The molecule has 2 atom stereocenters. The standard InChI is InChI=1S/C29H34O5/c30-29-23(19-21-7-13-25(14-8-21)33-27-5-1-3-17-31-27)11-12-24(29)20-22-9-15-26(16-10-22)34-28-6-2-4-18-32-28/h7-10,13-16,19-20,27-30H,1-6,11-12,17-18H2/b23-19+,24-20+. The molecule has 2 saturated heterocycles. The van der Waals surface area contributed by atoms with Gasteiger partial charge < -0.3 is 24.1 Å². The molecule has 2 unspecified atom stereocenters. The van der Waals surface area contributed by atoms with Crippen LogP contribution in [0.5, 0.6) is 11.5 Å². The maximum Gasteiger partial charge on any atom is 0.199 e. The molecule has 0 bridgehead atoms. The van der Waals surface area contributed by atoms with Gasteiger partial charge in [0.1, 0.15) is 11.5 Å². The minimum absolute atomic E-state index is 0.136. The van der Waals surface area contributed by atoms with Crippen LogP contribution in [-0.4, -0.2) is 37.0 Å². The van der Waals surface area contributed by atoms with Crippen molar-refractivity contribution in [2.75, 3.05) is 13.2 Å². The first-order valence-corrected chi connectivity index (χ1v) is 12.6. The maximum atomic E-state index is 10.9. The molecular weight excluding hydrogens is 428 g/mol. The molecule has 2 heterocycles. The molecule has 0 aromatic heterocycles. The van der Waals surface area contributed by atoms with E-state index in [1.807, 2.05) is 48.5 Å². The third kappa shape index (κ3) is 6.09. The van der Waals surface area contributed by atoms with Gasteiger partial charge in [-0.3, -0.25) is 0 Å². The molecule has 5 heteroatoms. The number of hydrogen-bond donors (Lipinski definition) is 1. The molecule has 5 rings (SSSR count). The van der Waals surface area contributed by atoms with Gasteiger partial charge in [0.25, 0.3) is 0 Å². The van der Waals surface area contributed by atoms with Crippen molar-refractivity contribution in [3.63, 3.8) is 0 Å². The fraction of sp³-hybridized carbons (Fsp3) is 0.448. The van der Waals surface area contributed by atoms with Gasteiger partial charge in [0.05, 0.1) is 19.3 Å². The number of aliphatic hydroxyl groups is 1. The lowest BCUT2D eigenvalue weighted by Crippen LogP contribution is -2.24. The predicted octanol–water partition coefficient (Wildman–Crippen LogP) is 6.12. The zero-order chi connectivity index (χ0) is 23.2. The Kier molecular flexibility index (Phi) is 7.64. The topological polar surface area (TPSA) is 57.2 Å². The minimum atomic E-state index is -0.543. The van der Waals surface area contributed by atoms with Crippen molar-refractivity contribution in [2.45, 2.75) is 70.1 Å². The Balaban J connectivity index is 1.18. The van der Waals surface area contributed by atoms with Gasteiger partial charge in [-0.25, -0.2) is 0 Å². The monoisotopic (exact) mass is 462 g/mol. The summed E-state index contributed by atoms with van der Waals surface area (Å²) in [6.45, 7) is 1.55. The largest absolute Gasteiger partial charge is 0.465 e. The van der Waals surface area contributed by atoms with Crippen molar-refractivity contribution >= 4 is 12.2 Å². The van der Waals surface area contributed by atoms with E-state index in [0.717, 1.165) is 98.4 Å². The van der Waals surface area contributed by atoms with Crippen LogP contribution in [-0.2, 0) is 9.47 Å². The first kappa shape index (κ1) is 23.2. The number of rotatable bonds is 6. The summed E-state index contributed by atoms with van der Waals surface area (Å²) in [7, 11) is 0. The second kappa shape index (κ2) is 11.2. The van der Waals surface area contributed by atoms with Crippen molar-refractivity contribution in [3.05, 3.63) is 70.8 Å². The van der Waals surface area contributed by atoms with E-state index in [1.54, 1.807) is 0 Å². The molecule has 2 aromatic carbocycles. The molecule has 5 nitrogen and oxygen atoms in total. The van der Waals surface area contributed by atoms with E-state index >= 15 is 0 Å². The molecule has 0 amide bonds. The fourth-order valence-corrected chi connectivity index (χ4v) is 4.73. The highest BCUT2D eigenvalue weighted by Gasteiger charge is 2.24. The highest BCUT2D eigenvalue weighted by molar-refractivity contribution is 5.63. The summed E-state index contributed by atoms with van der Waals surface area (Å²) in [5, 5.41) is 10.9. The fourth-order valence-electron chi connectivity index (χ4n) is 4.73. The third-order valence-electron chi connectivity index (χ3n) is 6.68. The summed E-state index contributed by atoms with van der Waals surface area (Å²) in [4.78, 5) is 0. The van der Waals surface area contributed by atoms with E-state index in [9.17, 15) is 5.11 Å². The van der Waals surface area contributed by atoms with Crippen molar-refractivity contribution in [2.24, 2.45) is 0 Å². The number of ether oxygens (including phenoxy) is 4. The second-order valence-corrected chi connectivity index (χ2v) is 9.31. The SMILES string of the molecule is OC1/C(=C/c2ccc(OC3CCCCO3)cc2)CC/C1=C\c1ccc(OC2CCCCO2)cc1. The minimum Gasteiger partial charge on any atom is -0.465 e. The van der Waals surface area contributed by atoms with Gasteiger partial charge in [-0.05, 0) is 85.1 Å². The van der Waals surface area contributed by atoms with Gasteiger partial charge in [0.2, 0.25) is 0 Å². The van der Waals surface area contributed by atoms with Gasteiger partial charge in [-0.2, -0.15) is 0 Å². The molecule has 1 N–H and O–H groups in total. The molecule has 2 aliphatic heterocycles. The van der Waals surface area contributed by atoms with Crippen LogP contribution in [0.25, 0.3) is 12.2 Å². The zero-order valence-electron chi connectivity index (χ0n) is 19.7. The highest BCUT2D eigenvalue weighted by atomic mass is 16.7. The number of benzene rings is 2. The Bertz CT molecular complexity index is 899. The third-order valence-corrected chi connectivity index (χ3v) is 6.68. The van der Waals surface area contributed by atoms with Crippen LogP contribution in [0.4, 0.5) is 0 Å². The summed E-state index contributed by atoms with van der Waals surface area (Å²) >= 11 is 0. The molecule has 0 spiro atoms. The van der Waals surface area contributed by atoms with E-state index in [0.29, 0.717) is 0 Å². The lowest BCUT2D eigenvalue weighted by atomic mass is 10.0. The van der Waals surface area contributed by atoms with Gasteiger partial charge >= 0.3 is 0 Å². The van der Waals surface area contributed by atoms with Crippen molar-refractivity contribution < 1.29 is 24.1 Å². The van der Waals surface area contributed by atoms with Gasteiger partial charge in [0.15, 0.2) is 12.6 Å². The van der Waals surface area contributed by atoms with E-state index in [4.69, 9.17) is 18.9 Å². The van der Waals surface area contributed by atoms with Crippen LogP contribution < -0.4 is 9.47 Å². The van der Waals surface area contributed by atoms with Crippen LogP contribution in [0.15, 0.2) is 59.7 Å². The first-order chi connectivity index (χ1) is 16.7. The molecule has 180 valence electrons. The van der Waals surface area contributed by atoms with Crippen molar-refractivity contribution in [1.29, 1.82) is 0 Å². The van der Waals surface area contributed by atoms with Crippen molar-refractivity contribution in [1.82, 2.24) is 0 Å². The van der Waals surface area contributed by atoms with E-state index in [-0.39, 0.29) is 12.6 Å². The van der Waals surface area contributed by atoms with Gasteiger partial charge in [-0.15, -0.1) is 0 Å². The Hall–Kier alpha value is -2.60. The van der Waals surface area contributed by atoms with E-state index in [2.05, 4.69) is 12.2 Å². The Morgan fingerprint density at radius 3 is 1.47 bits per heavy atom. The molecule has 1 aliphatic carbocycles. The lowest BCUT2D eigenvalue weighted by molar-refractivity contribution is -0.106. The van der Waals surface area contributed by atoms with Crippen LogP contribution >= 0.6 is 0 Å². The number of hydrogen-bond acceptors (Lipinski definition) is 5. The number of aliphatic hydroxyl groups excluding tert-OH is 1. The first-order valence-electron chi connectivity index (χ1n) is 12.6. The van der Waals surface area contributed by atoms with Crippen molar-refractivity contribution in [3.8, 4) is 11.5 Å². The summed E-state index contributed by atoms with van der Waals surface area (Å²) < 4.78 is 23.1. The van der Waals surface area contributed by atoms with Gasteiger partial charge in [-0.1, -0.05) is 36.4 Å². The van der Waals surface area contributed by atoms with Gasteiger partial charge in [0, 0.05) is 12.8 Å². The molecule has 3 aliphatic rings. The van der Waals surface area contributed by atoms with Crippen LogP contribution in [0, 0.1) is 0 Å². The second-order valence-electron chi connectivity index (χ2n) is 9.31.